The number of hydrogen-bond donors (Lipinski definition) is 0. The molecule has 0 saturated heterocycles. The summed E-state index contributed by atoms with van der Waals surface area (Å²) in [5.41, 5.74) is 0.724. The van der Waals surface area contributed by atoms with E-state index in [4.69, 9.17) is 34.8 Å². The minimum atomic E-state index is 0.352. The Morgan fingerprint density at radius 1 is 0.944 bits per heavy atom. The van der Waals surface area contributed by atoms with Gasteiger partial charge in [0.2, 0.25) is 0 Å². The van der Waals surface area contributed by atoms with Crippen LogP contribution >= 0.6 is 46.1 Å². The molecule has 2 heterocycles. The summed E-state index contributed by atoms with van der Waals surface area (Å²) in [5, 5.41) is 1.57. The van der Waals surface area contributed by atoms with Crippen LogP contribution in [0.15, 0.2) is 30.3 Å². The Morgan fingerprint density at radius 2 is 1.78 bits per heavy atom. The van der Waals surface area contributed by atoms with Gasteiger partial charge in [-0.05, 0) is 24.3 Å². The number of fused-ring (bicyclic) bond motifs is 1. The smallest absolute Gasteiger partial charge is 0.171 e. The van der Waals surface area contributed by atoms with Crippen LogP contribution in [0.4, 0.5) is 0 Å². The van der Waals surface area contributed by atoms with E-state index < -0.39 is 0 Å². The highest BCUT2D eigenvalue weighted by molar-refractivity contribution is 7.19. The maximum Gasteiger partial charge on any atom is 0.171 e. The Labute approximate surface area is 122 Å². The fraction of sp³-hybridized carbons (Fsp3) is 0. The third kappa shape index (κ3) is 2.08. The minimum Gasteiger partial charge on any atom is -0.227 e. The van der Waals surface area contributed by atoms with Gasteiger partial charge in [0.1, 0.15) is 5.15 Å². The van der Waals surface area contributed by atoms with Gasteiger partial charge in [0, 0.05) is 0 Å². The summed E-state index contributed by atoms with van der Waals surface area (Å²) < 4.78 is 0.691. The Balaban J connectivity index is 2.28. The molecule has 0 unspecified atom stereocenters. The largest absolute Gasteiger partial charge is 0.227 e. The van der Waals surface area contributed by atoms with Crippen LogP contribution in [0, 0.1) is 0 Å². The van der Waals surface area contributed by atoms with E-state index in [9.17, 15) is 0 Å². The standard InChI is InChI=1S/C12H5Cl3N2S/c13-6-2-1-3-7-10(6)11(15)17-12(16-7)8-4-5-9(14)18-8/h1-5H. The molecule has 0 radical (unpaired) electrons. The lowest BCUT2D eigenvalue weighted by Crippen LogP contribution is -1.90. The first-order valence-electron chi connectivity index (χ1n) is 5.02. The second-order valence-electron chi connectivity index (χ2n) is 3.58. The monoisotopic (exact) mass is 314 g/mol. The minimum absolute atomic E-state index is 0.352. The zero-order chi connectivity index (χ0) is 12.7. The van der Waals surface area contributed by atoms with E-state index in [-0.39, 0.29) is 0 Å². The molecule has 1 aromatic carbocycles. The summed E-state index contributed by atoms with van der Waals surface area (Å²) in [6, 6.07) is 9.13. The first-order valence-corrected chi connectivity index (χ1v) is 6.97. The van der Waals surface area contributed by atoms with Crippen molar-refractivity contribution in [1.82, 2.24) is 9.97 Å². The molecule has 0 amide bonds. The Morgan fingerprint density at radius 3 is 2.50 bits per heavy atom. The van der Waals surface area contributed by atoms with Gasteiger partial charge in [0.05, 0.1) is 25.1 Å². The van der Waals surface area contributed by atoms with Crippen LogP contribution in [-0.2, 0) is 0 Å². The van der Waals surface area contributed by atoms with Crippen LogP contribution in [0.1, 0.15) is 0 Å². The molecule has 6 heteroatoms. The van der Waals surface area contributed by atoms with Crippen LogP contribution in [-0.4, -0.2) is 9.97 Å². The summed E-state index contributed by atoms with van der Waals surface area (Å²) in [7, 11) is 0. The van der Waals surface area contributed by atoms with Crippen molar-refractivity contribution in [3.8, 4) is 10.7 Å². The molecule has 0 saturated carbocycles. The number of benzene rings is 1. The van der Waals surface area contributed by atoms with Crippen molar-refractivity contribution in [3.63, 3.8) is 0 Å². The predicted octanol–water partition coefficient (Wildman–Crippen LogP) is 5.32. The molecule has 18 heavy (non-hydrogen) atoms. The fourth-order valence-corrected chi connectivity index (χ4v) is 3.21. The van der Waals surface area contributed by atoms with Crippen molar-refractivity contribution < 1.29 is 0 Å². The van der Waals surface area contributed by atoms with Gasteiger partial charge in [-0.2, -0.15) is 0 Å². The number of nitrogens with zero attached hydrogens (tertiary/aromatic N) is 2. The van der Waals surface area contributed by atoms with Crippen molar-refractivity contribution in [2.24, 2.45) is 0 Å². The van der Waals surface area contributed by atoms with Gasteiger partial charge in [-0.15, -0.1) is 11.3 Å². The molecule has 0 aliphatic heterocycles. The number of rotatable bonds is 1. The lowest BCUT2D eigenvalue weighted by atomic mass is 10.2. The highest BCUT2D eigenvalue weighted by Gasteiger charge is 2.11. The Bertz CT molecular complexity index is 739. The second kappa shape index (κ2) is 4.67. The molecule has 0 spiro atoms. The van der Waals surface area contributed by atoms with Gasteiger partial charge in [-0.3, -0.25) is 0 Å². The molecule has 3 rings (SSSR count). The third-order valence-corrected chi connectivity index (χ3v) is 4.24. The van der Waals surface area contributed by atoms with Crippen molar-refractivity contribution in [2.45, 2.75) is 0 Å². The summed E-state index contributed by atoms with van der Waals surface area (Å²) in [6.07, 6.45) is 0. The third-order valence-electron chi connectivity index (χ3n) is 2.42. The molecule has 0 bridgehead atoms. The molecule has 0 N–H and O–H groups in total. The van der Waals surface area contributed by atoms with E-state index in [0.717, 1.165) is 10.4 Å². The zero-order valence-corrected chi connectivity index (χ0v) is 11.9. The molecule has 0 atom stereocenters. The first-order chi connectivity index (χ1) is 8.65. The van der Waals surface area contributed by atoms with E-state index in [1.165, 1.54) is 11.3 Å². The Hall–Kier alpha value is -0.870. The molecule has 90 valence electrons. The van der Waals surface area contributed by atoms with Crippen LogP contribution in [0.5, 0.6) is 0 Å². The van der Waals surface area contributed by atoms with Crippen molar-refractivity contribution >= 4 is 57.0 Å². The number of hydrogen-bond acceptors (Lipinski definition) is 3. The van der Waals surface area contributed by atoms with Crippen molar-refractivity contribution in [3.05, 3.63) is 44.8 Å². The second-order valence-corrected chi connectivity index (χ2v) is 6.06. The molecular weight excluding hydrogens is 311 g/mol. The van der Waals surface area contributed by atoms with E-state index in [0.29, 0.717) is 25.7 Å². The van der Waals surface area contributed by atoms with Gasteiger partial charge in [0.25, 0.3) is 0 Å². The first kappa shape index (κ1) is 12.2. The molecule has 0 aliphatic carbocycles. The summed E-state index contributed by atoms with van der Waals surface area (Å²) in [6.45, 7) is 0. The van der Waals surface area contributed by atoms with Gasteiger partial charge in [0.15, 0.2) is 5.82 Å². The SMILES string of the molecule is Clc1ccc(-c2nc(Cl)c3c(Cl)cccc3n2)s1. The van der Waals surface area contributed by atoms with Crippen molar-refractivity contribution in [1.29, 1.82) is 0 Å². The Kier molecular flexibility index (Phi) is 3.16. The van der Waals surface area contributed by atoms with E-state index >= 15 is 0 Å². The average molecular weight is 316 g/mol. The highest BCUT2D eigenvalue weighted by Crippen LogP contribution is 2.33. The highest BCUT2D eigenvalue weighted by atomic mass is 35.5. The van der Waals surface area contributed by atoms with Crippen LogP contribution in [0.3, 0.4) is 0 Å². The van der Waals surface area contributed by atoms with E-state index in [1.54, 1.807) is 12.1 Å². The molecular formula is C12H5Cl3N2S. The summed E-state index contributed by atoms with van der Waals surface area (Å²) in [5.74, 6) is 0.562. The molecule has 0 aliphatic rings. The lowest BCUT2D eigenvalue weighted by Gasteiger charge is -2.04. The summed E-state index contributed by atoms with van der Waals surface area (Å²) >= 11 is 19.6. The normalized spacial score (nSPS) is 11.1. The number of halogens is 3. The number of thiophene rings is 1. The molecule has 3 aromatic rings. The van der Waals surface area contributed by atoms with Gasteiger partial charge in [-0.1, -0.05) is 40.9 Å². The fourth-order valence-electron chi connectivity index (χ4n) is 1.64. The maximum atomic E-state index is 6.16. The molecule has 2 aromatic heterocycles. The van der Waals surface area contributed by atoms with Crippen LogP contribution < -0.4 is 0 Å². The van der Waals surface area contributed by atoms with Gasteiger partial charge < -0.3 is 0 Å². The summed E-state index contributed by atoms with van der Waals surface area (Å²) in [4.78, 5) is 9.60. The van der Waals surface area contributed by atoms with E-state index in [2.05, 4.69) is 9.97 Å². The van der Waals surface area contributed by atoms with Gasteiger partial charge >= 0.3 is 0 Å². The molecule has 2 nitrogen and oxygen atoms in total. The van der Waals surface area contributed by atoms with Crippen LogP contribution in [0.2, 0.25) is 14.5 Å². The van der Waals surface area contributed by atoms with Crippen molar-refractivity contribution in [2.75, 3.05) is 0 Å². The van der Waals surface area contributed by atoms with Crippen LogP contribution in [0.25, 0.3) is 21.6 Å². The zero-order valence-electron chi connectivity index (χ0n) is 8.82. The topological polar surface area (TPSA) is 25.8 Å². The quantitative estimate of drug-likeness (QED) is 0.568. The predicted molar refractivity (Wildman–Crippen MR) is 77.9 cm³/mol. The molecule has 0 fully saturated rings. The average Bonchev–Trinajstić information content (AvgIpc) is 2.75. The van der Waals surface area contributed by atoms with Gasteiger partial charge in [-0.25, -0.2) is 9.97 Å². The van der Waals surface area contributed by atoms with E-state index in [1.807, 2.05) is 18.2 Å². The maximum absolute atomic E-state index is 6.16. The number of aromatic nitrogens is 2. The lowest BCUT2D eigenvalue weighted by molar-refractivity contribution is 1.24.